The first-order chi connectivity index (χ1) is 12.4. The first-order valence-corrected chi connectivity index (χ1v) is 10.1. The second-order valence-corrected chi connectivity index (χ2v) is 8.30. The van der Waals surface area contributed by atoms with Gasteiger partial charge in [0.05, 0.1) is 12.6 Å². The minimum Gasteiger partial charge on any atom is -0.356 e. The Labute approximate surface area is 157 Å². The maximum Gasteiger partial charge on any atom is 0.237 e. The van der Waals surface area contributed by atoms with Crippen LogP contribution in [0.2, 0.25) is 0 Å². The van der Waals surface area contributed by atoms with E-state index in [-0.39, 0.29) is 17.7 Å². The zero-order valence-corrected chi connectivity index (χ0v) is 16.6. The number of nitriles is 1. The van der Waals surface area contributed by atoms with E-state index in [4.69, 9.17) is 0 Å². The fourth-order valence-corrected chi connectivity index (χ4v) is 4.11. The van der Waals surface area contributed by atoms with Crippen molar-refractivity contribution in [3.8, 4) is 6.07 Å². The predicted octanol–water partition coefficient (Wildman–Crippen LogP) is 2.16. The van der Waals surface area contributed by atoms with Crippen molar-refractivity contribution < 1.29 is 9.59 Å². The maximum absolute atomic E-state index is 12.8. The second kappa shape index (κ2) is 9.36. The molecule has 6 nitrogen and oxygen atoms in total. The van der Waals surface area contributed by atoms with Gasteiger partial charge in [0.25, 0.3) is 0 Å². The fraction of sp³-hybridized carbons (Fsp3) is 0.850. The van der Waals surface area contributed by atoms with Crippen molar-refractivity contribution in [2.24, 2.45) is 11.8 Å². The summed E-state index contributed by atoms with van der Waals surface area (Å²) in [5, 5.41) is 12.7. The smallest absolute Gasteiger partial charge is 0.237 e. The lowest BCUT2D eigenvalue weighted by atomic mass is 9.81. The molecule has 0 aromatic heterocycles. The molecule has 1 aliphatic heterocycles. The number of hydrogen-bond donors (Lipinski definition) is 1. The van der Waals surface area contributed by atoms with E-state index in [1.54, 1.807) is 11.9 Å². The normalized spacial score (nSPS) is 23.3. The van der Waals surface area contributed by atoms with Crippen LogP contribution in [0.1, 0.15) is 58.8 Å². The van der Waals surface area contributed by atoms with E-state index in [9.17, 15) is 14.9 Å². The zero-order chi connectivity index (χ0) is 19.2. The molecule has 6 heteroatoms. The first kappa shape index (κ1) is 20.7. The molecule has 2 amide bonds. The van der Waals surface area contributed by atoms with Crippen molar-refractivity contribution in [3.63, 3.8) is 0 Å². The topological polar surface area (TPSA) is 76.4 Å². The third kappa shape index (κ3) is 5.20. The minimum absolute atomic E-state index is 0.00239. The van der Waals surface area contributed by atoms with E-state index in [0.717, 1.165) is 58.0 Å². The molecule has 26 heavy (non-hydrogen) atoms. The van der Waals surface area contributed by atoms with Crippen LogP contribution < -0.4 is 5.32 Å². The Kier molecular flexibility index (Phi) is 7.45. The number of likely N-dealkylation sites (tertiary alicyclic amines) is 1. The highest BCUT2D eigenvalue weighted by molar-refractivity contribution is 5.79. The minimum atomic E-state index is -0.615. The molecule has 1 aliphatic carbocycles. The SMILES string of the molecule is CC(C)C(=O)NCC1CCCN(CC(=O)N(C)C2(C#N)CCCCC2)C1. The number of nitrogens with one attached hydrogen (secondary N) is 1. The van der Waals surface area contributed by atoms with Crippen LogP contribution in [-0.2, 0) is 9.59 Å². The summed E-state index contributed by atoms with van der Waals surface area (Å²) in [6.07, 6.45) is 6.90. The zero-order valence-electron chi connectivity index (χ0n) is 16.6. The molecule has 1 atom stereocenters. The van der Waals surface area contributed by atoms with Crippen LogP contribution in [0.25, 0.3) is 0 Å². The second-order valence-electron chi connectivity index (χ2n) is 8.30. The fourth-order valence-electron chi connectivity index (χ4n) is 4.11. The molecule has 1 unspecified atom stereocenters. The third-order valence-electron chi connectivity index (χ3n) is 5.96. The number of amides is 2. The maximum atomic E-state index is 12.8. The van der Waals surface area contributed by atoms with Gasteiger partial charge in [0.2, 0.25) is 11.8 Å². The summed E-state index contributed by atoms with van der Waals surface area (Å²) in [4.78, 5) is 28.4. The lowest BCUT2D eigenvalue weighted by molar-refractivity contribution is -0.136. The van der Waals surface area contributed by atoms with Gasteiger partial charge in [0.1, 0.15) is 5.54 Å². The van der Waals surface area contributed by atoms with Crippen molar-refractivity contribution in [3.05, 3.63) is 0 Å². The summed E-state index contributed by atoms with van der Waals surface area (Å²) < 4.78 is 0. The molecule has 0 radical (unpaired) electrons. The van der Waals surface area contributed by atoms with E-state index in [0.29, 0.717) is 19.0 Å². The predicted molar refractivity (Wildman–Crippen MR) is 101 cm³/mol. The summed E-state index contributed by atoms with van der Waals surface area (Å²) in [5.74, 6) is 0.526. The first-order valence-electron chi connectivity index (χ1n) is 10.1. The van der Waals surface area contributed by atoms with Crippen molar-refractivity contribution in [1.29, 1.82) is 5.26 Å². The van der Waals surface area contributed by atoms with Gasteiger partial charge in [-0.25, -0.2) is 0 Å². The quantitative estimate of drug-likeness (QED) is 0.785. The van der Waals surface area contributed by atoms with Crippen LogP contribution in [0.3, 0.4) is 0 Å². The van der Waals surface area contributed by atoms with E-state index in [1.165, 1.54) is 0 Å². The summed E-state index contributed by atoms with van der Waals surface area (Å²) >= 11 is 0. The Morgan fingerprint density at radius 2 is 1.96 bits per heavy atom. The Hall–Kier alpha value is -1.61. The molecule has 0 bridgehead atoms. The number of rotatable bonds is 6. The summed E-state index contributed by atoms with van der Waals surface area (Å²) in [6, 6.07) is 2.43. The van der Waals surface area contributed by atoms with Gasteiger partial charge in [-0.2, -0.15) is 5.26 Å². The van der Waals surface area contributed by atoms with Gasteiger partial charge in [0.15, 0.2) is 0 Å². The van der Waals surface area contributed by atoms with Crippen LogP contribution in [0.5, 0.6) is 0 Å². The Morgan fingerprint density at radius 1 is 1.27 bits per heavy atom. The number of nitrogens with zero attached hydrogens (tertiary/aromatic N) is 3. The molecule has 2 rings (SSSR count). The standard InChI is InChI=1S/C20H34N4O2/c1-16(2)19(26)22-12-17-8-7-11-24(13-17)14-18(25)23(3)20(15-21)9-5-4-6-10-20/h16-17H,4-14H2,1-3H3,(H,22,26). The number of piperidine rings is 1. The Bertz CT molecular complexity index is 534. The monoisotopic (exact) mass is 362 g/mol. The van der Waals surface area contributed by atoms with Gasteiger partial charge in [-0.15, -0.1) is 0 Å². The van der Waals surface area contributed by atoms with Gasteiger partial charge < -0.3 is 10.2 Å². The highest BCUT2D eigenvalue weighted by Gasteiger charge is 2.39. The van der Waals surface area contributed by atoms with Gasteiger partial charge in [-0.1, -0.05) is 33.1 Å². The van der Waals surface area contributed by atoms with Crippen molar-refractivity contribution in [2.75, 3.05) is 33.2 Å². The molecule has 2 aliphatic rings. The number of carbonyl (C=O) groups is 2. The van der Waals surface area contributed by atoms with Crippen molar-refractivity contribution >= 4 is 11.8 Å². The van der Waals surface area contributed by atoms with E-state index >= 15 is 0 Å². The Morgan fingerprint density at radius 3 is 2.58 bits per heavy atom. The summed E-state index contributed by atoms with van der Waals surface area (Å²) in [5.41, 5.74) is -0.615. The molecule has 0 aromatic rings. The van der Waals surface area contributed by atoms with Gasteiger partial charge in [-0.3, -0.25) is 14.5 Å². The van der Waals surface area contributed by atoms with E-state index in [2.05, 4.69) is 16.3 Å². The molecule has 1 saturated carbocycles. The average Bonchev–Trinajstić information content (AvgIpc) is 2.66. The van der Waals surface area contributed by atoms with E-state index < -0.39 is 5.54 Å². The number of likely N-dealkylation sites (N-methyl/N-ethyl adjacent to an activating group) is 1. The summed E-state index contributed by atoms with van der Waals surface area (Å²) in [6.45, 7) is 6.58. The lowest BCUT2D eigenvalue weighted by Gasteiger charge is -2.40. The number of hydrogen-bond acceptors (Lipinski definition) is 4. The van der Waals surface area contributed by atoms with Gasteiger partial charge in [0, 0.05) is 26.1 Å². The van der Waals surface area contributed by atoms with Crippen LogP contribution in [-0.4, -0.2) is 60.4 Å². The summed E-state index contributed by atoms with van der Waals surface area (Å²) in [7, 11) is 1.79. The largest absolute Gasteiger partial charge is 0.356 e. The molecule has 0 aromatic carbocycles. The van der Waals surface area contributed by atoms with Crippen molar-refractivity contribution in [1.82, 2.24) is 15.1 Å². The lowest BCUT2D eigenvalue weighted by Crippen LogP contribution is -2.53. The van der Waals surface area contributed by atoms with Gasteiger partial charge in [-0.05, 0) is 38.1 Å². The molecular formula is C20H34N4O2. The highest BCUT2D eigenvalue weighted by Crippen LogP contribution is 2.32. The van der Waals surface area contributed by atoms with E-state index in [1.807, 2.05) is 13.8 Å². The molecule has 1 N–H and O–H groups in total. The van der Waals surface area contributed by atoms with Crippen LogP contribution in [0.15, 0.2) is 0 Å². The molecule has 1 heterocycles. The van der Waals surface area contributed by atoms with Crippen molar-refractivity contribution in [2.45, 2.75) is 64.3 Å². The molecule has 0 spiro atoms. The average molecular weight is 363 g/mol. The highest BCUT2D eigenvalue weighted by atomic mass is 16.2. The molecule has 2 fully saturated rings. The van der Waals surface area contributed by atoms with Crippen LogP contribution in [0, 0.1) is 23.2 Å². The molecule has 1 saturated heterocycles. The molecule has 146 valence electrons. The van der Waals surface area contributed by atoms with Crippen LogP contribution >= 0.6 is 0 Å². The molecular weight excluding hydrogens is 328 g/mol. The Balaban J connectivity index is 1.86. The third-order valence-corrected chi connectivity index (χ3v) is 5.96. The van der Waals surface area contributed by atoms with Gasteiger partial charge >= 0.3 is 0 Å². The number of carbonyl (C=O) groups excluding carboxylic acids is 2. The van der Waals surface area contributed by atoms with Crippen LogP contribution in [0.4, 0.5) is 0 Å².